The summed E-state index contributed by atoms with van der Waals surface area (Å²) in [5.74, 6) is 0.325. The van der Waals surface area contributed by atoms with E-state index in [-0.39, 0.29) is 11.8 Å². The minimum Gasteiger partial charge on any atom is -0.497 e. The molecular formula is C18H24N2O2S. The molecule has 124 valence electrons. The highest BCUT2D eigenvalue weighted by Crippen LogP contribution is 2.28. The van der Waals surface area contributed by atoms with Crippen LogP contribution in [0.1, 0.15) is 54.0 Å². The largest absolute Gasteiger partial charge is 0.497 e. The van der Waals surface area contributed by atoms with Crippen LogP contribution in [0.25, 0.3) is 0 Å². The van der Waals surface area contributed by atoms with E-state index in [4.69, 9.17) is 10.5 Å². The molecule has 23 heavy (non-hydrogen) atoms. The molecule has 0 aliphatic rings. The van der Waals surface area contributed by atoms with Crippen LogP contribution in [0.15, 0.2) is 30.5 Å². The van der Waals surface area contributed by atoms with Gasteiger partial charge in [0.05, 0.1) is 13.0 Å². The summed E-state index contributed by atoms with van der Waals surface area (Å²) >= 11 is 1.59. The number of amides is 1. The molecule has 0 fully saturated rings. The van der Waals surface area contributed by atoms with Gasteiger partial charge in [0, 0.05) is 17.5 Å². The number of unbranched alkanes of at least 4 members (excludes halogenated alkanes) is 2. The summed E-state index contributed by atoms with van der Waals surface area (Å²) in [5, 5.41) is 0.845. The topological polar surface area (TPSA) is 65.2 Å². The van der Waals surface area contributed by atoms with Crippen molar-refractivity contribution >= 4 is 17.2 Å². The van der Waals surface area contributed by atoms with Gasteiger partial charge in [0.2, 0.25) is 5.91 Å². The number of carbonyl (C=O) groups excluding carboxylic acids is 1. The van der Waals surface area contributed by atoms with Crippen molar-refractivity contribution in [1.29, 1.82) is 0 Å². The molecule has 0 radical (unpaired) electrons. The van der Waals surface area contributed by atoms with Crippen LogP contribution in [0.5, 0.6) is 5.75 Å². The molecule has 0 bridgehead atoms. The lowest BCUT2D eigenvalue weighted by Crippen LogP contribution is -2.21. The predicted octanol–water partition coefficient (Wildman–Crippen LogP) is 3.89. The number of primary amides is 1. The van der Waals surface area contributed by atoms with E-state index in [1.807, 2.05) is 30.5 Å². The number of hydrogen-bond donors (Lipinski definition) is 1. The number of benzene rings is 1. The maximum Gasteiger partial charge on any atom is 0.227 e. The Hall–Kier alpha value is -1.88. The zero-order chi connectivity index (χ0) is 16.7. The summed E-state index contributed by atoms with van der Waals surface area (Å²) < 4.78 is 5.17. The highest BCUT2D eigenvalue weighted by Gasteiger charge is 2.21. The highest BCUT2D eigenvalue weighted by molar-refractivity contribution is 7.11. The van der Waals surface area contributed by atoms with E-state index in [0.29, 0.717) is 0 Å². The second-order valence-corrected chi connectivity index (χ2v) is 6.79. The first-order valence-corrected chi connectivity index (χ1v) is 8.82. The van der Waals surface area contributed by atoms with Gasteiger partial charge in [0.25, 0.3) is 0 Å². The van der Waals surface area contributed by atoms with Crippen molar-refractivity contribution in [2.45, 2.75) is 44.9 Å². The molecule has 1 aromatic carbocycles. The fourth-order valence-corrected chi connectivity index (χ4v) is 3.59. The minimum absolute atomic E-state index is 0.254. The quantitative estimate of drug-likeness (QED) is 0.708. The van der Waals surface area contributed by atoms with Crippen LogP contribution in [-0.4, -0.2) is 18.0 Å². The predicted molar refractivity (Wildman–Crippen MR) is 94.0 cm³/mol. The molecule has 1 heterocycles. The fraction of sp³-hybridized carbons (Fsp3) is 0.444. The molecule has 1 aromatic heterocycles. The molecule has 1 unspecified atom stereocenters. The van der Waals surface area contributed by atoms with Gasteiger partial charge in [-0.2, -0.15) is 0 Å². The maximum atomic E-state index is 11.7. The summed E-state index contributed by atoms with van der Waals surface area (Å²) in [6.45, 7) is 2.15. The number of ether oxygens (including phenoxy) is 1. The summed E-state index contributed by atoms with van der Waals surface area (Å²) in [6, 6.07) is 8.00. The van der Waals surface area contributed by atoms with E-state index >= 15 is 0 Å². The van der Waals surface area contributed by atoms with Crippen molar-refractivity contribution in [1.82, 2.24) is 4.98 Å². The van der Waals surface area contributed by atoms with Crippen LogP contribution in [0.4, 0.5) is 0 Å². The van der Waals surface area contributed by atoms with Crippen LogP contribution < -0.4 is 10.5 Å². The Kier molecular flexibility index (Phi) is 6.59. The molecule has 0 saturated heterocycles. The molecule has 2 rings (SSSR count). The number of carbonyl (C=O) groups is 1. The molecule has 2 aromatic rings. The molecule has 1 amide bonds. The first kappa shape index (κ1) is 17.5. The van der Waals surface area contributed by atoms with E-state index in [9.17, 15) is 4.79 Å². The summed E-state index contributed by atoms with van der Waals surface area (Å²) in [4.78, 5) is 17.3. The smallest absolute Gasteiger partial charge is 0.227 e. The van der Waals surface area contributed by atoms with Crippen LogP contribution in [0.3, 0.4) is 0 Å². The minimum atomic E-state index is -0.272. The Morgan fingerprint density at radius 2 is 2.04 bits per heavy atom. The van der Waals surface area contributed by atoms with Gasteiger partial charge in [0.15, 0.2) is 0 Å². The molecule has 1 atom stereocenters. The van der Waals surface area contributed by atoms with Crippen molar-refractivity contribution in [3.05, 3.63) is 45.9 Å². The number of aromatic nitrogens is 1. The number of nitrogens with two attached hydrogens (primary N) is 1. The summed E-state index contributed by atoms with van der Waals surface area (Å²) in [6.07, 6.45) is 6.72. The third-order valence-electron chi connectivity index (χ3n) is 3.85. The van der Waals surface area contributed by atoms with Crippen molar-refractivity contribution < 1.29 is 9.53 Å². The van der Waals surface area contributed by atoms with Crippen molar-refractivity contribution in [2.24, 2.45) is 5.73 Å². The first-order valence-electron chi connectivity index (χ1n) is 8.01. The third-order valence-corrected chi connectivity index (χ3v) is 4.96. The van der Waals surface area contributed by atoms with E-state index in [1.165, 1.54) is 5.56 Å². The second-order valence-electron chi connectivity index (χ2n) is 5.64. The fourth-order valence-electron chi connectivity index (χ4n) is 2.50. The monoisotopic (exact) mass is 332 g/mol. The zero-order valence-corrected chi connectivity index (χ0v) is 14.6. The summed E-state index contributed by atoms with van der Waals surface area (Å²) in [5.41, 5.74) is 6.76. The SMILES string of the molecule is CCCCCC(C(N)=O)c1ncc(Cc2ccc(OC)cc2)s1. The van der Waals surface area contributed by atoms with Crippen LogP contribution in [-0.2, 0) is 11.2 Å². The molecule has 0 aliphatic carbocycles. The van der Waals surface area contributed by atoms with Gasteiger partial charge in [-0.05, 0) is 24.1 Å². The van der Waals surface area contributed by atoms with Gasteiger partial charge in [-0.1, -0.05) is 38.3 Å². The van der Waals surface area contributed by atoms with Gasteiger partial charge >= 0.3 is 0 Å². The lowest BCUT2D eigenvalue weighted by molar-refractivity contribution is -0.119. The number of hydrogen-bond acceptors (Lipinski definition) is 4. The van der Waals surface area contributed by atoms with Crippen LogP contribution >= 0.6 is 11.3 Å². The molecule has 0 spiro atoms. The van der Waals surface area contributed by atoms with Gasteiger partial charge in [0.1, 0.15) is 10.8 Å². The lowest BCUT2D eigenvalue weighted by atomic mass is 10.0. The van der Waals surface area contributed by atoms with Crippen molar-refractivity contribution in [3.8, 4) is 5.75 Å². The third kappa shape index (κ3) is 5.06. The van der Waals surface area contributed by atoms with E-state index in [0.717, 1.165) is 47.7 Å². The normalized spacial score (nSPS) is 12.1. The highest BCUT2D eigenvalue weighted by atomic mass is 32.1. The Labute approximate surface area is 141 Å². The molecule has 0 aliphatic heterocycles. The summed E-state index contributed by atoms with van der Waals surface area (Å²) in [7, 11) is 1.66. The van der Waals surface area contributed by atoms with Crippen molar-refractivity contribution in [3.63, 3.8) is 0 Å². The van der Waals surface area contributed by atoms with Gasteiger partial charge in [-0.25, -0.2) is 4.98 Å². The number of thiazole rings is 1. The Bertz CT molecular complexity index is 622. The zero-order valence-electron chi connectivity index (χ0n) is 13.7. The Morgan fingerprint density at radius 3 is 2.65 bits per heavy atom. The molecular weight excluding hydrogens is 308 g/mol. The van der Waals surface area contributed by atoms with E-state index in [1.54, 1.807) is 18.4 Å². The van der Waals surface area contributed by atoms with Crippen molar-refractivity contribution in [2.75, 3.05) is 7.11 Å². The van der Waals surface area contributed by atoms with Gasteiger partial charge in [-0.3, -0.25) is 4.79 Å². The van der Waals surface area contributed by atoms with E-state index < -0.39 is 0 Å². The van der Waals surface area contributed by atoms with Crippen LogP contribution in [0.2, 0.25) is 0 Å². The first-order chi connectivity index (χ1) is 11.1. The number of nitrogens with zero attached hydrogens (tertiary/aromatic N) is 1. The van der Waals surface area contributed by atoms with E-state index in [2.05, 4.69) is 11.9 Å². The molecule has 0 saturated carbocycles. The lowest BCUT2D eigenvalue weighted by Gasteiger charge is -2.09. The number of rotatable bonds is 9. The standard InChI is InChI=1S/C18H24N2O2S/c1-3-4-5-6-16(17(19)21)18-20-12-15(23-18)11-13-7-9-14(22-2)10-8-13/h7-10,12,16H,3-6,11H2,1-2H3,(H2,19,21). The average Bonchev–Trinajstić information content (AvgIpc) is 3.00. The molecule has 2 N–H and O–H groups in total. The van der Waals surface area contributed by atoms with Gasteiger partial charge in [-0.15, -0.1) is 11.3 Å². The average molecular weight is 332 g/mol. The molecule has 4 nitrogen and oxygen atoms in total. The van der Waals surface area contributed by atoms with Gasteiger partial charge < -0.3 is 10.5 Å². The van der Waals surface area contributed by atoms with Crippen LogP contribution in [0, 0.1) is 0 Å². The maximum absolute atomic E-state index is 11.7. The second kappa shape index (κ2) is 8.67. The number of methoxy groups -OCH3 is 1. The Morgan fingerprint density at radius 1 is 1.30 bits per heavy atom. The Balaban J connectivity index is 2.03. The molecule has 5 heteroatoms.